The predicted octanol–water partition coefficient (Wildman–Crippen LogP) is -0.488. The van der Waals surface area contributed by atoms with Gasteiger partial charge in [-0.2, -0.15) is 0 Å². The highest BCUT2D eigenvalue weighted by Gasteiger charge is 2.30. The number of nitrogens with zero attached hydrogens (tertiary/aromatic N) is 2. The van der Waals surface area contributed by atoms with Gasteiger partial charge in [-0.05, 0) is 18.8 Å². The summed E-state index contributed by atoms with van der Waals surface area (Å²) < 4.78 is 26.0. The largest absolute Gasteiger partial charge is 0.326 e. The normalized spacial score (nSPS) is 17.2. The Kier molecular flexibility index (Phi) is 4.13. The van der Waals surface area contributed by atoms with Crippen LogP contribution in [0.5, 0.6) is 0 Å². The van der Waals surface area contributed by atoms with E-state index in [-0.39, 0.29) is 28.0 Å². The van der Waals surface area contributed by atoms with Crippen molar-refractivity contribution >= 4 is 32.4 Å². The van der Waals surface area contributed by atoms with E-state index in [4.69, 9.17) is 5.73 Å². The van der Waals surface area contributed by atoms with Gasteiger partial charge in [0.2, 0.25) is 15.4 Å². The molecule has 19 heavy (non-hydrogen) atoms. The maximum atomic E-state index is 11.9. The number of carbonyl (C=O) groups excluding carboxylic acids is 1. The van der Waals surface area contributed by atoms with Gasteiger partial charge in [0.1, 0.15) is 0 Å². The fraction of sp³-hybridized carbons (Fsp3) is 0.667. The number of nitrogens with two attached hydrogens (primary N) is 1. The zero-order valence-corrected chi connectivity index (χ0v) is 11.9. The van der Waals surface area contributed by atoms with Gasteiger partial charge in [0.25, 0.3) is 10.0 Å². The molecule has 10 heteroatoms. The van der Waals surface area contributed by atoms with E-state index >= 15 is 0 Å². The van der Waals surface area contributed by atoms with Crippen molar-refractivity contribution in [2.24, 2.45) is 11.7 Å². The smallest absolute Gasteiger partial charge is 0.269 e. The van der Waals surface area contributed by atoms with Crippen molar-refractivity contribution in [3.63, 3.8) is 0 Å². The topological polar surface area (TPSA) is 127 Å². The van der Waals surface area contributed by atoms with E-state index in [1.165, 1.54) is 6.92 Å². The molecular formula is C9H15N5O3S2. The third-order valence-corrected chi connectivity index (χ3v) is 5.29. The van der Waals surface area contributed by atoms with Crippen LogP contribution in [0.3, 0.4) is 0 Å². The highest BCUT2D eigenvalue weighted by molar-refractivity contribution is 7.91. The number of hydrogen-bond donors (Lipinski definition) is 3. The Labute approximate surface area is 114 Å². The SMILES string of the molecule is CC(=O)Nc1nnc(S(=O)(=O)NCC(N)C2CC2)s1. The summed E-state index contributed by atoms with van der Waals surface area (Å²) in [7, 11) is -3.71. The molecule has 0 bridgehead atoms. The van der Waals surface area contributed by atoms with Crippen LogP contribution in [0.25, 0.3) is 0 Å². The molecule has 2 rings (SSSR count). The molecular weight excluding hydrogens is 290 g/mol. The molecule has 0 radical (unpaired) electrons. The maximum absolute atomic E-state index is 11.9. The molecule has 1 aliphatic carbocycles. The number of hydrogen-bond acceptors (Lipinski definition) is 7. The summed E-state index contributed by atoms with van der Waals surface area (Å²) in [5.41, 5.74) is 5.82. The molecule has 1 heterocycles. The molecule has 0 spiro atoms. The first-order valence-electron chi connectivity index (χ1n) is 5.75. The molecule has 1 atom stereocenters. The highest BCUT2D eigenvalue weighted by atomic mass is 32.2. The Bertz CT molecular complexity index is 566. The molecule has 1 fully saturated rings. The van der Waals surface area contributed by atoms with Crippen molar-refractivity contribution in [2.45, 2.75) is 30.1 Å². The van der Waals surface area contributed by atoms with Crippen LogP contribution >= 0.6 is 11.3 Å². The van der Waals surface area contributed by atoms with E-state index in [0.29, 0.717) is 5.92 Å². The maximum Gasteiger partial charge on any atom is 0.269 e. The van der Waals surface area contributed by atoms with Crippen LogP contribution < -0.4 is 15.8 Å². The number of aromatic nitrogens is 2. The molecule has 1 aromatic heterocycles. The minimum absolute atomic E-state index is 0.152. The van der Waals surface area contributed by atoms with Gasteiger partial charge < -0.3 is 11.1 Å². The molecule has 8 nitrogen and oxygen atoms in total. The van der Waals surface area contributed by atoms with Gasteiger partial charge in [0.15, 0.2) is 0 Å². The Morgan fingerprint density at radius 2 is 2.21 bits per heavy atom. The number of anilines is 1. The summed E-state index contributed by atoms with van der Waals surface area (Å²) in [6, 6.07) is -0.169. The fourth-order valence-corrected chi connectivity index (χ4v) is 3.54. The van der Waals surface area contributed by atoms with Crippen LogP contribution in [0.15, 0.2) is 4.34 Å². The summed E-state index contributed by atoms with van der Waals surface area (Å²) >= 11 is 0.798. The standard InChI is InChI=1S/C9H15N5O3S2/c1-5(15)12-8-13-14-9(18-8)19(16,17)11-4-7(10)6-2-3-6/h6-7,11H,2-4,10H2,1H3,(H,12,13,15). The van der Waals surface area contributed by atoms with Crippen molar-refractivity contribution in [2.75, 3.05) is 11.9 Å². The van der Waals surface area contributed by atoms with Crippen molar-refractivity contribution in [3.8, 4) is 0 Å². The van der Waals surface area contributed by atoms with Crippen molar-refractivity contribution in [3.05, 3.63) is 0 Å². The lowest BCUT2D eigenvalue weighted by atomic mass is 10.2. The van der Waals surface area contributed by atoms with Crippen molar-refractivity contribution in [1.82, 2.24) is 14.9 Å². The van der Waals surface area contributed by atoms with Crippen LogP contribution in [-0.4, -0.2) is 37.1 Å². The number of nitrogens with one attached hydrogen (secondary N) is 2. The third kappa shape index (κ3) is 3.93. The molecule has 1 aliphatic rings. The fourth-order valence-electron chi connectivity index (χ4n) is 1.48. The number of rotatable bonds is 6. The molecule has 1 amide bonds. The number of amides is 1. The summed E-state index contributed by atoms with van der Waals surface area (Å²) in [5.74, 6) is 0.0795. The molecule has 106 valence electrons. The zero-order valence-electron chi connectivity index (χ0n) is 10.3. The van der Waals surface area contributed by atoms with E-state index in [0.717, 1.165) is 24.2 Å². The van der Waals surface area contributed by atoms with Gasteiger partial charge in [-0.1, -0.05) is 11.3 Å². The molecule has 1 aromatic rings. The first-order valence-corrected chi connectivity index (χ1v) is 8.05. The first kappa shape index (κ1) is 14.3. The Hall–Kier alpha value is -1.10. The van der Waals surface area contributed by atoms with E-state index < -0.39 is 10.0 Å². The minimum atomic E-state index is -3.71. The van der Waals surface area contributed by atoms with Gasteiger partial charge >= 0.3 is 0 Å². The summed E-state index contributed by atoms with van der Waals surface area (Å²) in [6.45, 7) is 1.49. The molecule has 4 N–H and O–H groups in total. The van der Waals surface area contributed by atoms with Crippen LogP contribution in [-0.2, 0) is 14.8 Å². The Morgan fingerprint density at radius 1 is 1.53 bits per heavy atom. The van der Waals surface area contributed by atoms with Crippen molar-refractivity contribution < 1.29 is 13.2 Å². The van der Waals surface area contributed by atoms with Crippen LogP contribution in [0.2, 0.25) is 0 Å². The lowest BCUT2D eigenvalue weighted by Crippen LogP contribution is -2.38. The second-order valence-corrected chi connectivity index (χ2v) is 7.33. The van der Waals surface area contributed by atoms with E-state index in [9.17, 15) is 13.2 Å². The molecule has 0 aliphatic heterocycles. The summed E-state index contributed by atoms with van der Waals surface area (Å²) in [6.07, 6.45) is 2.10. The van der Waals surface area contributed by atoms with Gasteiger partial charge in [0, 0.05) is 19.5 Å². The van der Waals surface area contributed by atoms with Gasteiger partial charge in [-0.15, -0.1) is 10.2 Å². The zero-order chi connectivity index (χ0) is 14.0. The predicted molar refractivity (Wildman–Crippen MR) is 70.1 cm³/mol. The Balaban J connectivity index is 1.97. The summed E-state index contributed by atoms with van der Waals surface area (Å²) in [4.78, 5) is 10.8. The first-order chi connectivity index (χ1) is 8.88. The van der Waals surface area contributed by atoms with Crippen LogP contribution in [0, 0.1) is 5.92 Å². The molecule has 0 saturated heterocycles. The second-order valence-electron chi connectivity index (χ2n) is 4.41. The lowest BCUT2D eigenvalue weighted by molar-refractivity contribution is -0.114. The van der Waals surface area contributed by atoms with E-state index in [1.807, 2.05) is 0 Å². The summed E-state index contributed by atoms with van der Waals surface area (Å²) in [5, 5.41) is 9.66. The lowest BCUT2D eigenvalue weighted by Gasteiger charge is -2.10. The minimum Gasteiger partial charge on any atom is -0.326 e. The van der Waals surface area contributed by atoms with Gasteiger partial charge in [-0.3, -0.25) is 4.79 Å². The van der Waals surface area contributed by atoms with Gasteiger partial charge in [-0.25, -0.2) is 13.1 Å². The van der Waals surface area contributed by atoms with Gasteiger partial charge in [0.05, 0.1) is 0 Å². The second kappa shape index (κ2) is 5.49. The number of sulfonamides is 1. The van der Waals surface area contributed by atoms with Crippen molar-refractivity contribution in [1.29, 1.82) is 0 Å². The molecule has 0 aromatic carbocycles. The van der Waals surface area contributed by atoms with Crippen LogP contribution in [0.4, 0.5) is 5.13 Å². The monoisotopic (exact) mass is 305 g/mol. The number of carbonyl (C=O) groups is 1. The highest BCUT2D eigenvalue weighted by Crippen LogP contribution is 2.31. The quantitative estimate of drug-likeness (QED) is 0.609. The van der Waals surface area contributed by atoms with E-state index in [1.54, 1.807) is 0 Å². The average molecular weight is 305 g/mol. The molecule has 1 saturated carbocycles. The van der Waals surface area contributed by atoms with E-state index in [2.05, 4.69) is 20.2 Å². The van der Waals surface area contributed by atoms with Crippen LogP contribution in [0.1, 0.15) is 19.8 Å². The average Bonchev–Trinajstić information content (AvgIpc) is 3.06. The third-order valence-electron chi connectivity index (χ3n) is 2.66. The Morgan fingerprint density at radius 3 is 2.79 bits per heavy atom. The molecule has 1 unspecified atom stereocenters.